The van der Waals surface area contributed by atoms with E-state index in [-0.39, 0.29) is 5.54 Å². The lowest BCUT2D eigenvalue weighted by Gasteiger charge is -2.57. The predicted octanol–water partition coefficient (Wildman–Crippen LogP) is 2.63. The van der Waals surface area contributed by atoms with Crippen LogP contribution in [0.25, 0.3) is 0 Å². The minimum absolute atomic E-state index is 0.0856. The summed E-state index contributed by atoms with van der Waals surface area (Å²) in [7, 11) is 0. The maximum atomic E-state index is 6.29. The van der Waals surface area contributed by atoms with Crippen LogP contribution in [-0.2, 0) is 0 Å². The van der Waals surface area contributed by atoms with Crippen LogP contribution in [0, 0.1) is 23.2 Å². The zero-order chi connectivity index (χ0) is 12.4. The molecule has 1 heterocycles. The highest BCUT2D eigenvalue weighted by Gasteiger charge is 2.51. The summed E-state index contributed by atoms with van der Waals surface area (Å²) < 4.78 is 0. The molecule has 4 bridgehead atoms. The fourth-order valence-electron chi connectivity index (χ4n) is 6.18. The van der Waals surface area contributed by atoms with Crippen molar-refractivity contribution in [3.05, 3.63) is 0 Å². The van der Waals surface area contributed by atoms with Gasteiger partial charge in [0, 0.05) is 25.2 Å². The highest BCUT2D eigenvalue weighted by molar-refractivity contribution is 5.04. The van der Waals surface area contributed by atoms with Gasteiger partial charge in [0.15, 0.2) is 0 Å². The van der Waals surface area contributed by atoms with Gasteiger partial charge < -0.3 is 10.6 Å². The molecule has 5 fully saturated rings. The molecule has 0 aromatic carbocycles. The first-order valence-electron chi connectivity index (χ1n) is 8.03. The summed E-state index contributed by atoms with van der Waals surface area (Å²) in [5, 5.41) is 0. The van der Waals surface area contributed by atoms with E-state index in [1.54, 1.807) is 19.3 Å². The molecule has 102 valence electrons. The molecule has 0 amide bonds. The summed E-state index contributed by atoms with van der Waals surface area (Å²) >= 11 is 0. The van der Waals surface area contributed by atoms with Gasteiger partial charge in [0.1, 0.15) is 0 Å². The lowest BCUT2D eigenvalue weighted by Crippen LogP contribution is -2.51. The van der Waals surface area contributed by atoms with Crippen LogP contribution in [0.15, 0.2) is 0 Å². The molecular formula is C16H28N2. The van der Waals surface area contributed by atoms with Crippen molar-refractivity contribution in [1.82, 2.24) is 4.90 Å². The van der Waals surface area contributed by atoms with E-state index >= 15 is 0 Å². The van der Waals surface area contributed by atoms with Gasteiger partial charge in [-0.05, 0) is 75.0 Å². The van der Waals surface area contributed by atoms with E-state index in [0.717, 1.165) is 24.3 Å². The van der Waals surface area contributed by atoms with E-state index in [9.17, 15) is 0 Å². The van der Waals surface area contributed by atoms with E-state index in [0.29, 0.717) is 5.41 Å². The quantitative estimate of drug-likeness (QED) is 0.814. The molecule has 4 saturated carbocycles. The number of nitrogens with zero attached hydrogens (tertiary/aromatic N) is 1. The van der Waals surface area contributed by atoms with Crippen LogP contribution in [0.4, 0.5) is 0 Å². The van der Waals surface area contributed by atoms with Gasteiger partial charge >= 0.3 is 0 Å². The average molecular weight is 248 g/mol. The molecule has 0 aromatic heterocycles. The molecule has 5 rings (SSSR count). The molecule has 1 atom stereocenters. The molecule has 0 spiro atoms. The largest absolute Gasteiger partial charge is 0.324 e. The van der Waals surface area contributed by atoms with Crippen LogP contribution >= 0.6 is 0 Å². The molecule has 1 unspecified atom stereocenters. The van der Waals surface area contributed by atoms with Crippen molar-refractivity contribution >= 4 is 0 Å². The van der Waals surface area contributed by atoms with Gasteiger partial charge in [-0.1, -0.05) is 0 Å². The number of hydrogen-bond donors (Lipinski definition) is 1. The Morgan fingerprint density at radius 3 is 2.06 bits per heavy atom. The summed E-state index contributed by atoms with van der Waals surface area (Å²) in [5.74, 6) is 3.26. The fourth-order valence-corrected chi connectivity index (χ4v) is 6.18. The van der Waals surface area contributed by atoms with Crippen LogP contribution in [0.1, 0.15) is 51.9 Å². The minimum Gasteiger partial charge on any atom is -0.324 e. The molecule has 2 N–H and O–H groups in total. The van der Waals surface area contributed by atoms with Crippen LogP contribution in [-0.4, -0.2) is 30.1 Å². The monoisotopic (exact) mass is 248 g/mol. The Labute approximate surface area is 111 Å². The van der Waals surface area contributed by atoms with E-state index in [1.165, 1.54) is 38.8 Å². The molecule has 1 saturated heterocycles. The third-order valence-electron chi connectivity index (χ3n) is 6.31. The maximum absolute atomic E-state index is 6.29. The Balaban J connectivity index is 1.48. The average Bonchev–Trinajstić information content (AvgIpc) is 2.54. The first kappa shape index (κ1) is 11.7. The number of nitrogens with two attached hydrogens (primary N) is 1. The Morgan fingerprint density at radius 2 is 1.61 bits per heavy atom. The van der Waals surface area contributed by atoms with Crippen molar-refractivity contribution in [3.8, 4) is 0 Å². The number of rotatable bonds is 2. The normalized spacial score (nSPS) is 55.3. The van der Waals surface area contributed by atoms with Crippen molar-refractivity contribution in [1.29, 1.82) is 0 Å². The highest BCUT2D eigenvalue weighted by Crippen LogP contribution is 2.60. The molecule has 2 heteroatoms. The summed E-state index contributed by atoms with van der Waals surface area (Å²) in [6.45, 7) is 5.97. The molecule has 18 heavy (non-hydrogen) atoms. The van der Waals surface area contributed by atoms with Gasteiger partial charge in [0.25, 0.3) is 0 Å². The Morgan fingerprint density at radius 1 is 1.06 bits per heavy atom. The van der Waals surface area contributed by atoms with Crippen LogP contribution < -0.4 is 5.73 Å². The zero-order valence-electron chi connectivity index (χ0n) is 11.8. The lowest BCUT2D eigenvalue weighted by molar-refractivity contribution is -0.0669. The molecule has 0 radical (unpaired) electrons. The van der Waals surface area contributed by atoms with Crippen molar-refractivity contribution in [2.45, 2.75) is 57.4 Å². The third kappa shape index (κ3) is 1.92. The second-order valence-corrected chi connectivity index (χ2v) is 8.53. The number of hydrogen-bond acceptors (Lipinski definition) is 2. The zero-order valence-corrected chi connectivity index (χ0v) is 11.8. The molecule has 4 aliphatic carbocycles. The highest BCUT2D eigenvalue weighted by atomic mass is 15.2. The minimum atomic E-state index is 0.0856. The van der Waals surface area contributed by atoms with Crippen molar-refractivity contribution in [3.63, 3.8) is 0 Å². The van der Waals surface area contributed by atoms with Crippen molar-refractivity contribution in [2.75, 3.05) is 19.6 Å². The van der Waals surface area contributed by atoms with E-state index in [1.807, 2.05) is 0 Å². The molecule has 2 nitrogen and oxygen atoms in total. The van der Waals surface area contributed by atoms with Crippen molar-refractivity contribution in [2.24, 2.45) is 28.9 Å². The second-order valence-electron chi connectivity index (χ2n) is 8.53. The topological polar surface area (TPSA) is 29.3 Å². The standard InChI is InChI=1S/C16H28N2/c1-15(17)2-3-18(10-15)11-16-7-12-4-13(8-16)6-14(5-12)9-16/h12-14H,2-11,17H2,1H3. The Kier molecular flexibility index (Phi) is 2.43. The lowest BCUT2D eigenvalue weighted by atomic mass is 9.49. The van der Waals surface area contributed by atoms with Gasteiger partial charge in [0.2, 0.25) is 0 Å². The molecule has 0 aromatic rings. The van der Waals surface area contributed by atoms with Gasteiger partial charge in [0.05, 0.1) is 0 Å². The molecule has 5 aliphatic rings. The van der Waals surface area contributed by atoms with Gasteiger partial charge in [-0.2, -0.15) is 0 Å². The Bertz CT molecular complexity index is 312. The molecular weight excluding hydrogens is 220 g/mol. The summed E-state index contributed by atoms with van der Waals surface area (Å²) in [4.78, 5) is 2.69. The Hall–Kier alpha value is -0.0800. The van der Waals surface area contributed by atoms with E-state index < -0.39 is 0 Å². The van der Waals surface area contributed by atoms with E-state index in [4.69, 9.17) is 5.73 Å². The maximum Gasteiger partial charge on any atom is 0.0267 e. The SMILES string of the molecule is CC1(N)CCN(CC23CC4CC(CC(C4)C2)C3)C1. The van der Waals surface area contributed by atoms with Gasteiger partial charge in [-0.15, -0.1) is 0 Å². The van der Waals surface area contributed by atoms with Gasteiger partial charge in [-0.3, -0.25) is 0 Å². The summed E-state index contributed by atoms with van der Waals surface area (Å²) in [6, 6.07) is 0. The second kappa shape index (κ2) is 3.73. The first-order chi connectivity index (χ1) is 8.52. The predicted molar refractivity (Wildman–Crippen MR) is 74.3 cm³/mol. The van der Waals surface area contributed by atoms with Crippen LogP contribution in [0.3, 0.4) is 0 Å². The van der Waals surface area contributed by atoms with Crippen LogP contribution in [0.5, 0.6) is 0 Å². The smallest absolute Gasteiger partial charge is 0.0267 e. The molecule has 1 aliphatic heterocycles. The summed E-state index contributed by atoms with van der Waals surface area (Å²) in [6.07, 6.45) is 10.5. The van der Waals surface area contributed by atoms with Crippen LogP contribution in [0.2, 0.25) is 0 Å². The fraction of sp³-hybridized carbons (Fsp3) is 1.00. The third-order valence-corrected chi connectivity index (χ3v) is 6.31. The van der Waals surface area contributed by atoms with Gasteiger partial charge in [-0.25, -0.2) is 0 Å². The van der Waals surface area contributed by atoms with E-state index in [2.05, 4.69) is 11.8 Å². The number of likely N-dealkylation sites (tertiary alicyclic amines) is 1. The summed E-state index contributed by atoms with van der Waals surface area (Å²) in [5.41, 5.74) is 7.08. The van der Waals surface area contributed by atoms with Crippen molar-refractivity contribution < 1.29 is 0 Å². The first-order valence-corrected chi connectivity index (χ1v) is 8.03.